The fraction of sp³-hybridized carbons (Fsp3) is 0.208. The van der Waals surface area contributed by atoms with Gasteiger partial charge in [0.25, 0.3) is 0 Å². The highest BCUT2D eigenvalue weighted by atomic mass is 16.1. The SMILES string of the molecule is O=C(c1ccccc1)[C@H]1CN(Cc2ccccc2)C[C@@H]1c1ccccc1. The first-order chi connectivity index (χ1) is 12.8. The lowest BCUT2D eigenvalue weighted by Gasteiger charge is -2.17. The molecule has 0 radical (unpaired) electrons. The van der Waals surface area contributed by atoms with Gasteiger partial charge in [-0.2, -0.15) is 0 Å². The highest BCUT2D eigenvalue weighted by molar-refractivity contribution is 5.98. The first-order valence-corrected chi connectivity index (χ1v) is 9.22. The maximum absolute atomic E-state index is 13.2. The van der Waals surface area contributed by atoms with Crippen molar-refractivity contribution >= 4 is 5.78 Å². The van der Waals surface area contributed by atoms with Crippen LogP contribution in [-0.2, 0) is 6.54 Å². The first kappa shape index (κ1) is 16.7. The van der Waals surface area contributed by atoms with Crippen LogP contribution in [0, 0.1) is 5.92 Å². The van der Waals surface area contributed by atoms with Gasteiger partial charge in [0.15, 0.2) is 5.78 Å². The number of benzene rings is 3. The number of carbonyl (C=O) groups excluding carboxylic acids is 1. The minimum atomic E-state index is 0.00325. The molecule has 2 atom stereocenters. The summed E-state index contributed by atoms with van der Waals surface area (Å²) in [5, 5.41) is 0. The molecule has 2 heteroatoms. The topological polar surface area (TPSA) is 20.3 Å². The Hall–Kier alpha value is -2.71. The van der Waals surface area contributed by atoms with Crippen LogP contribution in [0.15, 0.2) is 91.0 Å². The predicted molar refractivity (Wildman–Crippen MR) is 105 cm³/mol. The van der Waals surface area contributed by atoms with Crippen molar-refractivity contribution in [3.63, 3.8) is 0 Å². The molecule has 0 bridgehead atoms. The van der Waals surface area contributed by atoms with Crippen molar-refractivity contribution in [1.82, 2.24) is 4.90 Å². The molecule has 0 saturated carbocycles. The van der Waals surface area contributed by atoms with Gasteiger partial charge < -0.3 is 0 Å². The van der Waals surface area contributed by atoms with Gasteiger partial charge in [-0.15, -0.1) is 0 Å². The Balaban J connectivity index is 1.60. The molecule has 0 N–H and O–H groups in total. The molecule has 1 saturated heterocycles. The molecule has 1 fully saturated rings. The highest BCUT2D eigenvalue weighted by Crippen LogP contribution is 2.35. The van der Waals surface area contributed by atoms with E-state index in [0.717, 1.165) is 25.2 Å². The third-order valence-electron chi connectivity index (χ3n) is 5.27. The molecule has 0 spiro atoms. The lowest BCUT2D eigenvalue weighted by atomic mass is 9.84. The lowest BCUT2D eigenvalue weighted by molar-refractivity contribution is 0.0913. The molecule has 0 aromatic heterocycles. The van der Waals surface area contributed by atoms with Gasteiger partial charge in [-0.1, -0.05) is 91.0 Å². The standard InChI is InChI=1S/C24H23NO/c26-24(21-14-8-3-9-15-21)23-18-25(16-19-10-4-1-5-11-19)17-22(23)20-12-6-2-7-13-20/h1-15,22-23H,16-18H2/t22-,23+/m1/s1. The molecule has 3 aromatic carbocycles. The molecule has 1 heterocycles. The van der Waals surface area contributed by atoms with E-state index in [1.165, 1.54) is 11.1 Å². The van der Waals surface area contributed by atoms with Crippen molar-refractivity contribution in [2.45, 2.75) is 12.5 Å². The zero-order valence-corrected chi connectivity index (χ0v) is 14.8. The van der Waals surface area contributed by atoms with E-state index >= 15 is 0 Å². The largest absolute Gasteiger partial charge is 0.298 e. The van der Waals surface area contributed by atoms with Gasteiger partial charge in [0.2, 0.25) is 0 Å². The maximum Gasteiger partial charge on any atom is 0.167 e. The summed E-state index contributed by atoms with van der Waals surface area (Å²) in [6.07, 6.45) is 0. The number of nitrogens with zero attached hydrogens (tertiary/aromatic N) is 1. The zero-order valence-electron chi connectivity index (χ0n) is 14.8. The summed E-state index contributed by atoms with van der Waals surface area (Å²) in [6.45, 7) is 2.62. The molecule has 2 nitrogen and oxygen atoms in total. The Kier molecular flexibility index (Phi) is 4.94. The summed E-state index contributed by atoms with van der Waals surface area (Å²) in [4.78, 5) is 15.6. The first-order valence-electron chi connectivity index (χ1n) is 9.22. The highest BCUT2D eigenvalue weighted by Gasteiger charge is 2.38. The van der Waals surface area contributed by atoms with Gasteiger partial charge in [-0.25, -0.2) is 0 Å². The molecule has 3 aromatic rings. The van der Waals surface area contributed by atoms with E-state index < -0.39 is 0 Å². The van der Waals surface area contributed by atoms with Gasteiger partial charge in [-0.3, -0.25) is 9.69 Å². The summed E-state index contributed by atoms with van der Waals surface area (Å²) < 4.78 is 0. The molecule has 0 amide bonds. The number of Topliss-reactive ketones (excluding diaryl/α,β-unsaturated/α-hetero) is 1. The van der Waals surface area contributed by atoms with Crippen LogP contribution < -0.4 is 0 Å². The second-order valence-electron chi connectivity index (χ2n) is 7.03. The Morgan fingerprint density at radius 1 is 0.769 bits per heavy atom. The van der Waals surface area contributed by atoms with Gasteiger partial charge in [0.05, 0.1) is 0 Å². The van der Waals surface area contributed by atoms with E-state index in [9.17, 15) is 4.79 Å². The quantitative estimate of drug-likeness (QED) is 0.622. The van der Waals surface area contributed by atoms with Crippen molar-refractivity contribution in [2.75, 3.05) is 13.1 Å². The number of ketones is 1. The molecule has 0 unspecified atom stereocenters. The van der Waals surface area contributed by atoms with Crippen molar-refractivity contribution in [2.24, 2.45) is 5.92 Å². The summed E-state index contributed by atoms with van der Waals surface area (Å²) >= 11 is 0. The molecule has 130 valence electrons. The Bertz CT molecular complexity index is 845. The third-order valence-corrected chi connectivity index (χ3v) is 5.27. The van der Waals surface area contributed by atoms with Crippen molar-refractivity contribution < 1.29 is 4.79 Å². The monoisotopic (exact) mass is 341 g/mol. The van der Waals surface area contributed by atoms with E-state index in [4.69, 9.17) is 0 Å². The zero-order chi connectivity index (χ0) is 17.8. The van der Waals surface area contributed by atoms with E-state index in [1.54, 1.807) is 0 Å². The molecule has 1 aliphatic heterocycles. The molecule has 26 heavy (non-hydrogen) atoms. The lowest BCUT2D eigenvalue weighted by Crippen LogP contribution is -2.23. The Morgan fingerprint density at radius 2 is 1.35 bits per heavy atom. The average Bonchev–Trinajstić information content (AvgIpc) is 3.13. The van der Waals surface area contributed by atoms with E-state index in [0.29, 0.717) is 0 Å². The fourth-order valence-corrected chi connectivity index (χ4v) is 3.98. The minimum absolute atomic E-state index is 0.00325. The van der Waals surface area contributed by atoms with Crippen molar-refractivity contribution in [3.8, 4) is 0 Å². The van der Waals surface area contributed by atoms with Gasteiger partial charge >= 0.3 is 0 Å². The summed E-state index contributed by atoms with van der Waals surface area (Å²) in [7, 11) is 0. The Morgan fingerprint density at radius 3 is 2.00 bits per heavy atom. The van der Waals surface area contributed by atoms with Crippen LogP contribution >= 0.6 is 0 Å². The van der Waals surface area contributed by atoms with Crippen LogP contribution in [0.1, 0.15) is 27.4 Å². The average molecular weight is 341 g/mol. The molecule has 1 aliphatic rings. The van der Waals surface area contributed by atoms with Crippen LogP contribution in [0.5, 0.6) is 0 Å². The minimum Gasteiger partial charge on any atom is -0.298 e. The van der Waals surface area contributed by atoms with Gasteiger partial charge in [0, 0.05) is 37.0 Å². The number of hydrogen-bond donors (Lipinski definition) is 0. The maximum atomic E-state index is 13.2. The summed E-state index contributed by atoms with van der Waals surface area (Å²) in [5.41, 5.74) is 3.38. The number of carbonyl (C=O) groups is 1. The van der Waals surface area contributed by atoms with Crippen LogP contribution in [0.3, 0.4) is 0 Å². The molecule has 4 rings (SSSR count). The number of hydrogen-bond acceptors (Lipinski definition) is 2. The van der Waals surface area contributed by atoms with Gasteiger partial charge in [0.1, 0.15) is 0 Å². The van der Waals surface area contributed by atoms with E-state index in [-0.39, 0.29) is 17.6 Å². The smallest absolute Gasteiger partial charge is 0.167 e. The van der Waals surface area contributed by atoms with Crippen LogP contribution in [0.4, 0.5) is 0 Å². The molecular weight excluding hydrogens is 318 g/mol. The number of rotatable bonds is 5. The second kappa shape index (κ2) is 7.67. The fourth-order valence-electron chi connectivity index (χ4n) is 3.98. The summed E-state index contributed by atoms with van der Waals surface area (Å²) in [6, 6.07) is 30.7. The van der Waals surface area contributed by atoms with Gasteiger partial charge in [-0.05, 0) is 11.1 Å². The summed E-state index contributed by atoms with van der Waals surface area (Å²) in [5.74, 6) is 0.506. The van der Waals surface area contributed by atoms with E-state index in [2.05, 4.69) is 53.4 Å². The van der Waals surface area contributed by atoms with Crippen LogP contribution in [0.25, 0.3) is 0 Å². The van der Waals surface area contributed by atoms with Crippen molar-refractivity contribution in [3.05, 3.63) is 108 Å². The predicted octanol–water partition coefficient (Wildman–Crippen LogP) is 4.79. The van der Waals surface area contributed by atoms with Crippen LogP contribution in [-0.4, -0.2) is 23.8 Å². The normalized spacial score (nSPS) is 20.2. The van der Waals surface area contributed by atoms with Crippen LogP contribution in [0.2, 0.25) is 0 Å². The Labute approximate surface area is 155 Å². The van der Waals surface area contributed by atoms with Crippen molar-refractivity contribution in [1.29, 1.82) is 0 Å². The van der Waals surface area contributed by atoms with E-state index in [1.807, 2.05) is 42.5 Å². The molecular formula is C24H23NO. The second-order valence-corrected chi connectivity index (χ2v) is 7.03. The third kappa shape index (κ3) is 3.61. The molecule has 0 aliphatic carbocycles. The number of likely N-dealkylation sites (tertiary alicyclic amines) is 1.